The lowest BCUT2D eigenvalue weighted by Gasteiger charge is -2.33. The number of amides is 1. The maximum absolute atomic E-state index is 13.0. The van der Waals surface area contributed by atoms with Crippen molar-refractivity contribution < 1.29 is 17.9 Å². The zero-order valence-electron chi connectivity index (χ0n) is 15.4. The summed E-state index contributed by atoms with van der Waals surface area (Å²) in [6.07, 6.45) is 2.10. The van der Waals surface area contributed by atoms with Crippen LogP contribution in [0.1, 0.15) is 19.3 Å². The molecular weight excluding hydrogens is 444 g/mol. The van der Waals surface area contributed by atoms with Crippen LogP contribution in [0.5, 0.6) is 5.75 Å². The number of halogens is 1. The molecule has 1 fully saturated rings. The molecule has 0 spiro atoms. The van der Waals surface area contributed by atoms with Crippen molar-refractivity contribution in [3.8, 4) is 5.75 Å². The molecule has 0 saturated carbocycles. The van der Waals surface area contributed by atoms with Gasteiger partial charge in [0.25, 0.3) is 0 Å². The summed E-state index contributed by atoms with van der Waals surface area (Å²) in [5, 5.41) is 2.81. The Morgan fingerprint density at radius 3 is 2.68 bits per heavy atom. The van der Waals surface area contributed by atoms with Crippen LogP contribution >= 0.6 is 15.9 Å². The fourth-order valence-electron chi connectivity index (χ4n) is 3.20. The van der Waals surface area contributed by atoms with Crippen LogP contribution in [0.3, 0.4) is 0 Å². The number of benzene rings is 2. The first-order chi connectivity index (χ1) is 13.5. The lowest BCUT2D eigenvalue weighted by Crippen LogP contribution is -2.52. The SMILES string of the molecule is O=C(NCCOc1cccc(Br)c1)C1CCCCN1S(=O)(=O)c1ccccc1. The van der Waals surface area contributed by atoms with Crippen molar-refractivity contribution in [2.75, 3.05) is 19.7 Å². The minimum Gasteiger partial charge on any atom is -0.492 e. The summed E-state index contributed by atoms with van der Waals surface area (Å²) in [6.45, 7) is 0.964. The second kappa shape index (κ2) is 9.54. The predicted molar refractivity (Wildman–Crippen MR) is 111 cm³/mol. The number of nitrogens with zero attached hydrogens (tertiary/aromatic N) is 1. The smallest absolute Gasteiger partial charge is 0.243 e. The summed E-state index contributed by atoms with van der Waals surface area (Å²) in [7, 11) is -3.70. The van der Waals surface area contributed by atoms with E-state index in [4.69, 9.17) is 4.74 Å². The van der Waals surface area contributed by atoms with E-state index < -0.39 is 16.1 Å². The van der Waals surface area contributed by atoms with Crippen LogP contribution in [-0.2, 0) is 14.8 Å². The molecule has 1 saturated heterocycles. The Bertz CT molecular complexity index is 905. The summed E-state index contributed by atoms with van der Waals surface area (Å²) >= 11 is 3.38. The number of rotatable bonds is 7. The van der Waals surface area contributed by atoms with Gasteiger partial charge in [0.05, 0.1) is 11.4 Å². The monoisotopic (exact) mass is 466 g/mol. The van der Waals surface area contributed by atoms with Crippen molar-refractivity contribution in [3.63, 3.8) is 0 Å². The van der Waals surface area contributed by atoms with Gasteiger partial charge in [0, 0.05) is 11.0 Å². The first kappa shape index (κ1) is 20.8. The number of nitrogens with one attached hydrogen (secondary N) is 1. The van der Waals surface area contributed by atoms with Crippen LogP contribution in [0, 0.1) is 0 Å². The minimum atomic E-state index is -3.70. The van der Waals surface area contributed by atoms with E-state index in [-0.39, 0.29) is 10.8 Å². The Morgan fingerprint density at radius 1 is 1.14 bits per heavy atom. The van der Waals surface area contributed by atoms with E-state index in [2.05, 4.69) is 21.2 Å². The highest BCUT2D eigenvalue weighted by atomic mass is 79.9. The van der Waals surface area contributed by atoms with Crippen LogP contribution < -0.4 is 10.1 Å². The Kier molecular flexibility index (Phi) is 7.09. The standard InChI is InChI=1S/C20H23BrN2O4S/c21-16-7-6-8-17(15-16)27-14-12-22-20(24)19-11-4-5-13-23(19)28(25,26)18-9-2-1-3-10-18/h1-3,6-10,15,19H,4-5,11-14H2,(H,22,24). The normalized spacial score (nSPS) is 17.8. The molecule has 0 aliphatic carbocycles. The van der Waals surface area contributed by atoms with Gasteiger partial charge in [0.15, 0.2) is 0 Å². The number of piperidine rings is 1. The van der Waals surface area contributed by atoms with E-state index in [1.807, 2.05) is 24.3 Å². The molecule has 1 aliphatic heterocycles. The summed E-state index contributed by atoms with van der Waals surface area (Å²) in [5.74, 6) is 0.423. The minimum absolute atomic E-state index is 0.215. The number of sulfonamides is 1. The first-order valence-electron chi connectivity index (χ1n) is 9.21. The van der Waals surface area contributed by atoms with E-state index in [0.717, 1.165) is 17.3 Å². The zero-order valence-corrected chi connectivity index (χ0v) is 17.8. The second-order valence-corrected chi connectivity index (χ2v) is 9.34. The summed E-state index contributed by atoms with van der Waals surface area (Å²) in [6, 6.07) is 15.0. The Morgan fingerprint density at radius 2 is 1.93 bits per heavy atom. The Hall–Kier alpha value is -1.90. The van der Waals surface area contributed by atoms with Gasteiger partial charge in [-0.2, -0.15) is 4.31 Å². The molecular formula is C20H23BrN2O4S. The average molecular weight is 467 g/mol. The van der Waals surface area contributed by atoms with Gasteiger partial charge in [0.2, 0.25) is 15.9 Å². The molecule has 1 amide bonds. The third kappa shape index (κ3) is 5.12. The molecule has 1 aliphatic rings. The lowest BCUT2D eigenvalue weighted by atomic mass is 10.0. The van der Waals surface area contributed by atoms with Crippen LogP contribution in [0.2, 0.25) is 0 Å². The van der Waals surface area contributed by atoms with Gasteiger partial charge in [-0.15, -0.1) is 0 Å². The zero-order chi connectivity index (χ0) is 20.0. The number of carbonyl (C=O) groups excluding carboxylic acids is 1. The van der Waals surface area contributed by atoms with Crippen LogP contribution in [0.15, 0.2) is 64.0 Å². The molecule has 0 bridgehead atoms. The van der Waals surface area contributed by atoms with Crippen molar-refractivity contribution >= 4 is 31.9 Å². The van der Waals surface area contributed by atoms with Gasteiger partial charge in [-0.3, -0.25) is 4.79 Å². The van der Waals surface area contributed by atoms with Crippen molar-refractivity contribution in [1.29, 1.82) is 0 Å². The van der Waals surface area contributed by atoms with Gasteiger partial charge in [0.1, 0.15) is 18.4 Å². The van der Waals surface area contributed by atoms with Gasteiger partial charge >= 0.3 is 0 Å². The van der Waals surface area contributed by atoms with Crippen LogP contribution in [0.25, 0.3) is 0 Å². The highest BCUT2D eigenvalue weighted by Gasteiger charge is 2.37. The third-order valence-corrected chi connectivity index (χ3v) is 6.99. The predicted octanol–water partition coefficient (Wildman–Crippen LogP) is 3.19. The van der Waals surface area contributed by atoms with Crippen molar-refractivity contribution in [2.45, 2.75) is 30.2 Å². The molecule has 2 aromatic rings. The topological polar surface area (TPSA) is 75.7 Å². The molecule has 3 rings (SSSR count). The molecule has 8 heteroatoms. The van der Waals surface area contributed by atoms with Crippen LogP contribution in [-0.4, -0.2) is 44.4 Å². The van der Waals surface area contributed by atoms with Gasteiger partial charge in [-0.1, -0.05) is 46.6 Å². The number of ether oxygens (including phenoxy) is 1. The van der Waals surface area contributed by atoms with Gasteiger partial charge < -0.3 is 10.1 Å². The first-order valence-corrected chi connectivity index (χ1v) is 11.4. The molecule has 1 atom stereocenters. The summed E-state index contributed by atoms with van der Waals surface area (Å²) in [5.41, 5.74) is 0. The second-order valence-electron chi connectivity index (χ2n) is 6.54. The molecule has 6 nitrogen and oxygen atoms in total. The number of hydrogen-bond donors (Lipinski definition) is 1. The lowest BCUT2D eigenvalue weighted by molar-refractivity contribution is -0.125. The van der Waals surface area contributed by atoms with E-state index >= 15 is 0 Å². The molecule has 1 unspecified atom stereocenters. The fourth-order valence-corrected chi connectivity index (χ4v) is 5.26. The highest BCUT2D eigenvalue weighted by molar-refractivity contribution is 9.10. The highest BCUT2D eigenvalue weighted by Crippen LogP contribution is 2.25. The Balaban J connectivity index is 1.59. The van der Waals surface area contributed by atoms with E-state index in [1.165, 1.54) is 4.31 Å². The number of carbonyl (C=O) groups is 1. The third-order valence-electron chi connectivity index (χ3n) is 4.57. The molecule has 0 aromatic heterocycles. The van der Waals surface area contributed by atoms with Crippen molar-refractivity contribution in [2.24, 2.45) is 0 Å². The molecule has 2 aromatic carbocycles. The summed E-state index contributed by atoms with van der Waals surface area (Å²) in [4.78, 5) is 12.9. The molecule has 1 heterocycles. The number of hydrogen-bond acceptors (Lipinski definition) is 4. The molecule has 0 radical (unpaired) electrons. The van der Waals surface area contributed by atoms with Crippen LogP contribution in [0.4, 0.5) is 0 Å². The van der Waals surface area contributed by atoms with Gasteiger partial charge in [-0.05, 0) is 43.2 Å². The van der Waals surface area contributed by atoms with E-state index in [9.17, 15) is 13.2 Å². The van der Waals surface area contributed by atoms with E-state index in [0.29, 0.717) is 31.9 Å². The Labute approximate surface area is 174 Å². The molecule has 1 N–H and O–H groups in total. The molecule has 150 valence electrons. The van der Waals surface area contributed by atoms with E-state index in [1.54, 1.807) is 30.3 Å². The fraction of sp³-hybridized carbons (Fsp3) is 0.350. The van der Waals surface area contributed by atoms with Crippen molar-refractivity contribution in [1.82, 2.24) is 9.62 Å². The maximum atomic E-state index is 13.0. The van der Waals surface area contributed by atoms with Gasteiger partial charge in [-0.25, -0.2) is 8.42 Å². The largest absolute Gasteiger partial charge is 0.492 e. The molecule has 28 heavy (non-hydrogen) atoms. The summed E-state index contributed by atoms with van der Waals surface area (Å²) < 4.78 is 33.8. The van der Waals surface area contributed by atoms with Crippen molar-refractivity contribution in [3.05, 3.63) is 59.1 Å². The quantitative estimate of drug-likeness (QED) is 0.635. The average Bonchev–Trinajstić information content (AvgIpc) is 2.72. The maximum Gasteiger partial charge on any atom is 0.243 e.